The number of aromatic nitrogens is 4. The van der Waals surface area contributed by atoms with Crippen LogP contribution in [0.3, 0.4) is 0 Å². The number of benzene rings is 1. The van der Waals surface area contributed by atoms with Crippen molar-refractivity contribution in [2.45, 2.75) is 19.4 Å². The van der Waals surface area contributed by atoms with Gasteiger partial charge < -0.3 is 15.5 Å². The van der Waals surface area contributed by atoms with Gasteiger partial charge in [0.1, 0.15) is 12.1 Å². The van der Waals surface area contributed by atoms with Crippen molar-refractivity contribution in [2.75, 3.05) is 52.1 Å². The summed E-state index contributed by atoms with van der Waals surface area (Å²) >= 11 is 0. The monoisotopic (exact) mass is 510 g/mol. The zero-order valence-electron chi connectivity index (χ0n) is 22.2. The molecular weight excluding hydrogens is 476 g/mol. The van der Waals surface area contributed by atoms with Gasteiger partial charge in [0.15, 0.2) is 0 Å². The predicted molar refractivity (Wildman–Crippen MR) is 150 cm³/mol. The van der Waals surface area contributed by atoms with E-state index in [1.165, 1.54) is 0 Å². The first-order valence-corrected chi connectivity index (χ1v) is 13.0. The minimum absolute atomic E-state index is 0.115. The van der Waals surface area contributed by atoms with E-state index in [2.05, 4.69) is 67.6 Å². The van der Waals surface area contributed by atoms with Crippen molar-refractivity contribution in [1.29, 1.82) is 0 Å². The average Bonchev–Trinajstić information content (AvgIpc) is 2.96. The van der Waals surface area contributed by atoms with Gasteiger partial charge in [0.25, 0.3) is 5.91 Å². The van der Waals surface area contributed by atoms with Gasteiger partial charge in [0, 0.05) is 81.6 Å². The lowest BCUT2D eigenvalue weighted by Crippen LogP contribution is -2.43. The molecule has 38 heavy (non-hydrogen) atoms. The van der Waals surface area contributed by atoms with E-state index in [0.29, 0.717) is 12.1 Å². The number of anilines is 1. The summed E-state index contributed by atoms with van der Waals surface area (Å²) in [5.41, 5.74) is 5.41. The first-order valence-electron chi connectivity index (χ1n) is 13.0. The molecule has 1 saturated heterocycles. The zero-order chi connectivity index (χ0) is 26.5. The van der Waals surface area contributed by atoms with E-state index >= 15 is 0 Å². The van der Waals surface area contributed by atoms with Crippen LogP contribution in [0.5, 0.6) is 0 Å². The number of carbonyl (C=O) groups is 1. The lowest BCUT2D eigenvalue weighted by Gasteiger charge is -2.32. The molecule has 1 aliphatic heterocycles. The van der Waals surface area contributed by atoms with Crippen molar-refractivity contribution in [3.05, 3.63) is 78.0 Å². The fourth-order valence-electron chi connectivity index (χ4n) is 4.81. The van der Waals surface area contributed by atoms with Crippen LogP contribution in [-0.4, -0.2) is 82.5 Å². The molecule has 3 aromatic heterocycles. The number of hydrogen-bond donors (Lipinski definition) is 2. The van der Waals surface area contributed by atoms with Gasteiger partial charge in [-0.25, -0.2) is 9.97 Å². The number of rotatable bonds is 8. The highest BCUT2D eigenvalue weighted by atomic mass is 16.1. The summed E-state index contributed by atoms with van der Waals surface area (Å²) in [6.07, 6.45) is 5.17. The number of nitrogens with one attached hydrogen (secondary N) is 2. The number of piperazine rings is 1. The number of amides is 1. The summed E-state index contributed by atoms with van der Waals surface area (Å²) in [4.78, 5) is 35.3. The lowest BCUT2D eigenvalue weighted by atomic mass is 9.96. The number of likely N-dealkylation sites (N-methyl/N-ethyl adjacent to an activating group) is 1. The molecule has 4 heterocycles. The maximum Gasteiger partial charge on any atom is 0.251 e. The van der Waals surface area contributed by atoms with Crippen LogP contribution in [0, 0.1) is 0 Å². The van der Waals surface area contributed by atoms with Gasteiger partial charge >= 0.3 is 0 Å². The Labute approximate surface area is 223 Å². The summed E-state index contributed by atoms with van der Waals surface area (Å²) in [5.74, 6) is 0.776. The minimum Gasteiger partial charge on any atom is -0.369 e. The summed E-state index contributed by atoms with van der Waals surface area (Å²) in [6, 6.07) is 13.9. The SMILES string of the molecule is CNC(=O)c1ccnc2c([C@H](C)CNc3cc(-c4ccc(CN5CCN(C)CC5)nc4)ncn3)cccc12. The minimum atomic E-state index is -0.115. The highest BCUT2D eigenvalue weighted by molar-refractivity contribution is 6.06. The molecule has 1 atom stereocenters. The zero-order valence-corrected chi connectivity index (χ0v) is 22.2. The third-order valence-electron chi connectivity index (χ3n) is 7.16. The van der Waals surface area contributed by atoms with Crippen LogP contribution in [0.1, 0.15) is 34.5 Å². The highest BCUT2D eigenvalue weighted by Gasteiger charge is 2.16. The van der Waals surface area contributed by atoms with Gasteiger partial charge in [0.2, 0.25) is 0 Å². The Kier molecular flexibility index (Phi) is 7.86. The second-order valence-corrected chi connectivity index (χ2v) is 9.87. The second kappa shape index (κ2) is 11.6. The van der Waals surface area contributed by atoms with Gasteiger partial charge in [0.05, 0.1) is 22.5 Å². The standard InChI is InChI=1S/C29H34N8O/c1-20(23-5-4-6-24-25(29(38)30-2)9-10-31-28(23)24)16-33-27-15-26(34-19-35-27)21-7-8-22(32-17-21)18-37-13-11-36(3)12-14-37/h4-10,15,17,19-20H,11-14,16,18H2,1-3H3,(H,30,38)(H,33,34,35)/t20-/m1/s1. The molecule has 1 fully saturated rings. The van der Waals surface area contributed by atoms with Crippen molar-refractivity contribution in [3.8, 4) is 11.3 Å². The molecule has 0 unspecified atom stereocenters. The highest BCUT2D eigenvalue weighted by Crippen LogP contribution is 2.27. The van der Waals surface area contributed by atoms with Gasteiger partial charge in [-0.05, 0) is 30.8 Å². The fraction of sp³-hybridized carbons (Fsp3) is 0.345. The van der Waals surface area contributed by atoms with E-state index in [9.17, 15) is 4.79 Å². The molecule has 2 N–H and O–H groups in total. The van der Waals surface area contributed by atoms with Crippen LogP contribution >= 0.6 is 0 Å². The Morgan fingerprint density at radius 2 is 1.87 bits per heavy atom. The Morgan fingerprint density at radius 3 is 2.63 bits per heavy atom. The quantitative estimate of drug-likeness (QED) is 0.372. The van der Waals surface area contributed by atoms with E-state index in [0.717, 1.165) is 72.0 Å². The van der Waals surface area contributed by atoms with Gasteiger partial charge in [-0.1, -0.05) is 25.1 Å². The largest absolute Gasteiger partial charge is 0.369 e. The van der Waals surface area contributed by atoms with Crippen molar-refractivity contribution in [1.82, 2.24) is 35.1 Å². The van der Waals surface area contributed by atoms with Crippen LogP contribution < -0.4 is 10.6 Å². The molecule has 196 valence electrons. The Bertz CT molecular complexity index is 1400. The van der Waals surface area contributed by atoms with E-state index in [-0.39, 0.29) is 11.8 Å². The van der Waals surface area contributed by atoms with Gasteiger partial charge in [-0.15, -0.1) is 0 Å². The average molecular weight is 511 g/mol. The van der Waals surface area contributed by atoms with E-state index in [1.54, 1.807) is 25.6 Å². The Hall–Kier alpha value is -3.95. The first-order chi connectivity index (χ1) is 18.5. The molecular formula is C29H34N8O. The van der Waals surface area contributed by atoms with Crippen LogP contribution in [0.2, 0.25) is 0 Å². The number of fused-ring (bicyclic) bond motifs is 1. The molecule has 0 aliphatic carbocycles. The van der Waals surface area contributed by atoms with Crippen LogP contribution in [0.25, 0.3) is 22.2 Å². The van der Waals surface area contributed by atoms with Crippen molar-refractivity contribution >= 4 is 22.6 Å². The van der Waals surface area contributed by atoms with Crippen LogP contribution in [0.4, 0.5) is 5.82 Å². The fourth-order valence-corrected chi connectivity index (χ4v) is 4.81. The van der Waals surface area contributed by atoms with Crippen molar-refractivity contribution in [3.63, 3.8) is 0 Å². The summed E-state index contributed by atoms with van der Waals surface area (Å²) in [5, 5.41) is 7.01. The van der Waals surface area contributed by atoms with Crippen molar-refractivity contribution < 1.29 is 4.79 Å². The number of pyridine rings is 2. The first kappa shape index (κ1) is 25.7. The van der Waals surface area contributed by atoms with E-state index < -0.39 is 0 Å². The molecule has 0 bridgehead atoms. The maximum atomic E-state index is 12.3. The third kappa shape index (κ3) is 5.79. The predicted octanol–water partition coefficient (Wildman–Crippen LogP) is 3.41. The lowest BCUT2D eigenvalue weighted by molar-refractivity contribution is 0.0964. The third-order valence-corrected chi connectivity index (χ3v) is 7.16. The molecule has 4 aromatic rings. The molecule has 1 aliphatic rings. The molecule has 9 nitrogen and oxygen atoms in total. The molecule has 5 rings (SSSR count). The molecule has 0 spiro atoms. The summed E-state index contributed by atoms with van der Waals surface area (Å²) in [6.45, 7) is 8.01. The number of carbonyl (C=O) groups excluding carboxylic acids is 1. The number of para-hydroxylation sites is 1. The van der Waals surface area contributed by atoms with Gasteiger partial charge in [-0.2, -0.15) is 0 Å². The molecule has 0 saturated carbocycles. The normalized spacial score (nSPS) is 15.3. The molecule has 1 aromatic carbocycles. The summed E-state index contributed by atoms with van der Waals surface area (Å²) in [7, 11) is 3.81. The van der Waals surface area contributed by atoms with Crippen LogP contribution in [-0.2, 0) is 6.54 Å². The van der Waals surface area contributed by atoms with E-state index in [4.69, 9.17) is 4.98 Å². The van der Waals surface area contributed by atoms with Crippen molar-refractivity contribution in [2.24, 2.45) is 0 Å². The van der Waals surface area contributed by atoms with E-state index in [1.807, 2.05) is 24.4 Å². The smallest absolute Gasteiger partial charge is 0.251 e. The topological polar surface area (TPSA) is 99.2 Å². The van der Waals surface area contributed by atoms with Gasteiger partial charge in [-0.3, -0.25) is 19.7 Å². The Balaban J connectivity index is 1.25. The molecule has 0 radical (unpaired) electrons. The van der Waals surface area contributed by atoms with Crippen LogP contribution in [0.15, 0.2) is 61.2 Å². The molecule has 1 amide bonds. The second-order valence-electron chi connectivity index (χ2n) is 9.87. The number of hydrogen-bond acceptors (Lipinski definition) is 8. The number of nitrogens with zero attached hydrogens (tertiary/aromatic N) is 6. The Morgan fingerprint density at radius 1 is 1.03 bits per heavy atom. The summed E-state index contributed by atoms with van der Waals surface area (Å²) < 4.78 is 0. The maximum absolute atomic E-state index is 12.3. The molecule has 9 heteroatoms.